The molecule has 0 bridgehead atoms. The standard InChI is InChI=1S/C27H38N4O7S2/c1-19-16-31(20(2)18-32)27(34)22-15-21(28-25(33)8-9-30-10-12-37-13-11-30)6-7-23(22)38-24(19)17-29(3)40(35,36)26-5-4-14-39-26/h4-7,14-15,19-20,24,32H,8-13,16-18H2,1-3H3,(H,28,33)/t19-,20+,24+/m1/s1. The van der Waals surface area contributed by atoms with E-state index in [1.807, 2.05) is 6.92 Å². The first-order chi connectivity index (χ1) is 19.1. The molecule has 1 saturated heterocycles. The van der Waals surface area contributed by atoms with Crippen molar-refractivity contribution in [3.8, 4) is 5.75 Å². The monoisotopic (exact) mass is 594 g/mol. The number of carbonyl (C=O) groups excluding carboxylic acids is 2. The molecular weight excluding hydrogens is 556 g/mol. The van der Waals surface area contributed by atoms with Crippen LogP contribution in [0.3, 0.4) is 0 Å². The fourth-order valence-corrected chi connectivity index (χ4v) is 7.13. The summed E-state index contributed by atoms with van der Waals surface area (Å²) in [6.07, 6.45) is -0.270. The van der Waals surface area contributed by atoms with Gasteiger partial charge in [0.15, 0.2) is 0 Å². The van der Waals surface area contributed by atoms with E-state index in [2.05, 4.69) is 10.2 Å². The number of benzene rings is 1. The molecule has 11 nitrogen and oxygen atoms in total. The number of sulfonamides is 1. The number of fused-ring (bicyclic) bond motifs is 1. The number of aliphatic hydroxyl groups excluding tert-OH is 1. The van der Waals surface area contributed by atoms with Crippen LogP contribution in [0.5, 0.6) is 5.75 Å². The number of hydrogen-bond acceptors (Lipinski definition) is 9. The molecule has 220 valence electrons. The highest BCUT2D eigenvalue weighted by molar-refractivity contribution is 7.91. The largest absolute Gasteiger partial charge is 0.488 e. The number of amides is 2. The minimum Gasteiger partial charge on any atom is -0.488 e. The Bertz CT molecular complexity index is 1270. The lowest BCUT2D eigenvalue weighted by molar-refractivity contribution is -0.116. The maximum absolute atomic E-state index is 13.6. The maximum Gasteiger partial charge on any atom is 0.258 e. The summed E-state index contributed by atoms with van der Waals surface area (Å²) in [5.41, 5.74) is 0.703. The van der Waals surface area contributed by atoms with Gasteiger partial charge in [0.2, 0.25) is 5.91 Å². The molecule has 0 radical (unpaired) electrons. The first kappa shape index (κ1) is 30.4. The second-order valence-electron chi connectivity index (χ2n) is 10.3. The number of morpholine rings is 1. The first-order valence-electron chi connectivity index (χ1n) is 13.4. The number of hydrogen-bond donors (Lipinski definition) is 2. The van der Waals surface area contributed by atoms with Gasteiger partial charge in [-0.3, -0.25) is 14.5 Å². The van der Waals surface area contributed by atoms with E-state index >= 15 is 0 Å². The molecule has 0 saturated carbocycles. The van der Waals surface area contributed by atoms with E-state index in [9.17, 15) is 23.1 Å². The summed E-state index contributed by atoms with van der Waals surface area (Å²) < 4.78 is 39.3. The molecule has 2 aliphatic rings. The van der Waals surface area contributed by atoms with Gasteiger partial charge in [-0.2, -0.15) is 4.31 Å². The molecule has 2 amide bonds. The van der Waals surface area contributed by atoms with Gasteiger partial charge in [0.05, 0.1) is 38.0 Å². The second kappa shape index (κ2) is 13.4. The number of anilines is 1. The molecule has 2 aliphatic heterocycles. The number of likely N-dealkylation sites (N-methyl/N-ethyl adjacent to an activating group) is 1. The van der Waals surface area contributed by atoms with Gasteiger partial charge < -0.3 is 24.8 Å². The van der Waals surface area contributed by atoms with Crippen LogP contribution in [0.1, 0.15) is 30.6 Å². The van der Waals surface area contributed by atoms with Crippen LogP contribution in [-0.2, 0) is 19.6 Å². The van der Waals surface area contributed by atoms with Crippen molar-refractivity contribution in [1.29, 1.82) is 0 Å². The van der Waals surface area contributed by atoms with Crippen LogP contribution in [0.2, 0.25) is 0 Å². The van der Waals surface area contributed by atoms with Crippen LogP contribution in [-0.4, -0.2) is 111 Å². The van der Waals surface area contributed by atoms with Gasteiger partial charge in [0.25, 0.3) is 15.9 Å². The Kier molecular flexibility index (Phi) is 10.2. The number of nitrogens with zero attached hydrogens (tertiary/aromatic N) is 3. The van der Waals surface area contributed by atoms with Crippen LogP contribution < -0.4 is 10.1 Å². The van der Waals surface area contributed by atoms with E-state index in [0.29, 0.717) is 37.6 Å². The minimum absolute atomic E-state index is 0.0659. The number of rotatable bonds is 10. The van der Waals surface area contributed by atoms with E-state index in [1.54, 1.807) is 47.5 Å². The van der Waals surface area contributed by atoms with E-state index in [-0.39, 0.29) is 47.2 Å². The van der Waals surface area contributed by atoms with Crippen LogP contribution in [0.15, 0.2) is 39.9 Å². The molecule has 0 spiro atoms. The van der Waals surface area contributed by atoms with Crippen molar-refractivity contribution >= 4 is 38.9 Å². The molecule has 1 fully saturated rings. The van der Waals surface area contributed by atoms with Crippen molar-refractivity contribution in [1.82, 2.24) is 14.1 Å². The predicted molar refractivity (Wildman–Crippen MR) is 152 cm³/mol. The maximum atomic E-state index is 13.6. The molecule has 40 heavy (non-hydrogen) atoms. The Balaban J connectivity index is 1.55. The molecule has 13 heteroatoms. The molecule has 1 aromatic carbocycles. The van der Waals surface area contributed by atoms with Crippen LogP contribution >= 0.6 is 11.3 Å². The Labute approximate surface area is 239 Å². The van der Waals surface area contributed by atoms with Crippen LogP contribution in [0.4, 0.5) is 5.69 Å². The van der Waals surface area contributed by atoms with Crippen molar-refractivity contribution in [3.05, 3.63) is 41.3 Å². The zero-order valence-corrected chi connectivity index (χ0v) is 24.7. The third kappa shape index (κ3) is 7.20. The minimum atomic E-state index is -3.70. The average Bonchev–Trinajstić information content (AvgIpc) is 3.50. The summed E-state index contributed by atoms with van der Waals surface area (Å²) in [6, 6.07) is 7.67. The van der Waals surface area contributed by atoms with Crippen molar-refractivity contribution < 1.29 is 32.6 Å². The molecule has 2 N–H and O–H groups in total. The first-order valence-corrected chi connectivity index (χ1v) is 15.7. The molecule has 3 heterocycles. The SMILES string of the molecule is C[C@@H]1CN([C@@H](C)CO)C(=O)c2cc(NC(=O)CCN3CCOCC3)ccc2O[C@H]1CN(C)S(=O)(=O)c1cccs1. The number of ether oxygens (including phenoxy) is 2. The fraction of sp³-hybridized carbons (Fsp3) is 0.556. The van der Waals surface area contributed by atoms with Gasteiger partial charge in [-0.05, 0) is 36.6 Å². The Morgan fingerprint density at radius 3 is 2.70 bits per heavy atom. The lowest BCUT2D eigenvalue weighted by atomic mass is 9.99. The third-order valence-electron chi connectivity index (χ3n) is 7.30. The predicted octanol–water partition coefficient (Wildman–Crippen LogP) is 1.95. The van der Waals surface area contributed by atoms with E-state index in [4.69, 9.17) is 9.47 Å². The molecule has 0 unspecified atom stereocenters. The molecule has 1 aromatic heterocycles. The van der Waals surface area contributed by atoms with E-state index in [0.717, 1.165) is 24.4 Å². The lowest BCUT2D eigenvalue weighted by Crippen LogP contribution is -2.50. The summed E-state index contributed by atoms with van der Waals surface area (Å²) >= 11 is 1.15. The van der Waals surface area contributed by atoms with Crippen LogP contribution in [0.25, 0.3) is 0 Å². The Hall–Kier alpha value is -2.55. The molecule has 2 aromatic rings. The molecule has 3 atom stereocenters. The summed E-state index contributed by atoms with van der Waals surface area (Å²) in [6.45, 7) is 7.26. The summed E-state index contributed by atoms with van der Waals surface area (Å²) in [4.78, 5) is 30.1. The van der Waals surface area contributed by atoms with Crippen LogP contribution in [0, 0.1) is 5.92 Å². The smallest absolute Gasteiger partial charge is 0.258 e. The number of nitrogens with one attached hydrogen (secondary N) is 1. The topological polar surface area (TPSA) is 129 Å². The van der Waals surface area contributed by atoms with Gasteiger partial charge in [0, 0.05) is 51.3 Å². The van der Waals surface area contributed by atoms with Crippen molar-refractivity contribution in [2.24, 2.45) is 5.92 Å². The lowest BCUT2D eigenvalue weighted by Gasteiger charge is -2.38. The summed E-state index contributed by atoms with van der Waals surface area (Å²) in [5.74, 6) is -0.444. The third-order valence-corrected chi connectivity index (χ3v) is 10.5. The van der Waals surface area contributed by atoms with E-state index in [1.165, 1.54) is 11.4 Å². The number of thiophene rings is 1. The number of aliphatic hydroxyl groups is 1. The van der Waals surface area contributed by atoms with Crippen molar-refractivity contribution in [2.45, 2.75) is 36.6 Å². The summed E-state index contributed by atoms with van der Waals surface area (Å²) in [5, 5.41) is 14.5. The zero-order chi connectivity index (χ0) is 28.9. The average molecular weight is 595 g/mol. The normalized spacial score (nSPS) is 21.3. The highest BCUT2D eigenvalue weighted by Crippen LogP contribution is 2.31. The Morgan fingerprint density at radius 1 is 1.27 bits per heavy atom. The highest BCUT2D eigenvalue weighted by atomic mass is 32.2. The van der Waals surface area contributed by atoms with Crippen molar-refractivity contribution in [3.63, 3.8) is 0 Å². The van der Waals surface area contributed by atoms with Crippen molar-refractivity contribution in [2.75, 3.05) is 64.9 Å². The molecular formula is C27H38N4O7S2. The van der Waals surface area contributed by atoms with Gasteiger partial charge >= 0.3 is 0 Å². The van der Waals surface area contributed by atoms with Gasteiger partial charge in [0.1, 0.15) is 16.1 Å². The van der Waals surface area contributed by atoms with Gasteiger partial charge in [-0.25, -0.2) is 8.42 Å². The zero-order valence-electron chi connectivity index (χ0n) is 23.1. The quantitative estimate of drug-likeness (QED) is 0.427. The van der Waals surface area contributed by atoms with Gasteiger partial charge in [-0.1, -0.05) is 13.0 Å². The molecule has 0 aliphatic carbocycles. The van der Waals surface area contributed by atoms with Gasteiger partial charge in [-0.15, -0.1) is 11.3 Å². The highest BCUT2D eigenvalue weighted by Gasteiger charge is 2.35. The Morgan fingerprint density at radius 2 is 2.02 bits per heavy atom. The van der Waals surface area contributed by atoms with E-state index < -0.39 is 22.2 Å². The second-order valence-corrected chi connectivity index (χ2v) is 13.5. The fourth-order valence-electron chi connectivity index (χ4n) is 4.74. The molecule has 4 rings (SSSR count). The summed E-state index contributed by atoms with van der Waals surface area (Å²) in [7, 11) is -2.19. The number of carbonyl (C=O) groups is 2.